The third kappa shape index (κ3) is 5.71. The molecular formula is C15H17F4NO4. The van der Waals surface area contributed by atoms with E-state index in [1.54, 1.807) is 0 Å². The molecular weight excluding hydrogens is 334 g/mol. The Balaban J connectivity index is 3.05. The molecule has 1 aromatic rings. The number of amides is 1. The molecule has 1 amide bonds. The summed E-state index contributed by atoms with van der Waals surface area (Å²) in [5.41, 5.74) is -3.04. The van der Waals surface area contributed by atoms with Crippen molar-refractivity contribution < 1.29 is 37.0 Å². The van der Waals surface area contributed by atoms with Gasteiger partial charge in [0.2, 0.25) is 0 Å². The molecule has 0 bridgehead atoms. The molecule has 0 spiro atoms. The van der Waals surface area contributed by atoms with E-state index in [9.17, 15) is 27.2 Å². The molecule has 0 heterocycles. The number of aliphatic carboxylic acids is 1. The van der Waals surface area contributed by atoms with Crippen LogP contribution < -0.4 is 5.32 Å². The van der Waals surface area contributed by atoms with Crippen LogP contribution in [0.2, 0.25) is 0 Å². The Labute approximate surface area is 135 Å². The van der Waals surface area contributed by atoms with Crippen molar-refractivity contribution in [2.45, 2.75) is 45.0 Å². The Bertz CT molecular complexity index is 623. The quantitative estimate of drug-likeness (QED) is 0.816. The Morgan fingerprint density at radius 2 is 1.83 bits per heavy atom. The van der Waals surface area contributed by atoms with E-state index >= 15 is 0 Å². The number of alkyl halides is 3. The van der Waals surface area contributed by atoms with Gasteiger partial charge in [-0.25, -0.2) is 14.0 Å². The van der Waals surface area contributed by atoms with Crippen LogP contribution in [-0.2, 0) is 22.1 Å². The largest absolute Gasteiger partial charge is 0.480 e. The molecule has 0 aliphatic rings. The average Bonchev–Trinajstić information content (AvgIpc) is 2.33. The van der Waals surface area contributed by atoms with Crippen LogP contribution in [0.25, 0.3) is 0 Å². The van der Waals surface area contributed by atoms with Crippen molar-refractivity contribution in [2.75, 3.05) is 0 Å². The number of rotatable bonds is 4. The summed E-state index contributed by atoms with van der Waals surface area (Å²) in [5, 5.41) is 11.1. The summed E-state index contributed by atoms with van der Waals surface area (Å²) in [6.07, 6.45) is -6.84. The number of carbonyl (C=O) groups excluding carboxylic acids is 1. The maximum absolute atomic E-state index is 13.5. The number of carbonyl (C=O) groups is 2. The summed E-state index contributed by atoms with van der Waals surface area (Å²) in [6, 6.07) is 0.914. The molecule has 134 valence electrons. The highest BCUT2D eigenvalue weighted by molar-refractivity contribution is 5.80. The molecule has 5 nitrogen and oxygen atoms in total. The van der Waals surface area contributed by atoms with Crippen LogP contribution in [0.1, 0.15) is 31.9 Å². The van der Waals surface area contributed by atoms with Gasteiger partial charge in [-0.15, -0.1) is 0 Å². The summed E-state index contributed by atoms with van der Waals surface area (Å²) >= 11 is 0. The Kier molecular flexibility index (Phi) is 5.80. The van der Waals surface area contributed by atoms with Gasteiger partial charge in [0.1, 0.15) is 17.5 Å². The van der Waals surface area contributed by atoms with Crippen LogP contribution in [-0.4, -0.2) is 28.8 Å². The first-order valence-corrected chi connectivity index (χ1v) is 6.88. The van der Waals surface area contributed by atoms with Crippen LogP contribution >= 0.6 is 0 Å². The van der Waals surface area contributed by atoms with Crippen LogP contribution in [0.3, 0.4) is 0 Å². The van der Waals surface area contributed by atoms with Crippen molar-refractivity contribution in [1.29, 1.82) is 0 Å². The number of hydrogen-bond donors (Lipinski definition) is 2. The maximum atomic E-state index is 13.5. The average molecular weight is 351 g/mol. The van der Waals surface area contributed by atoms with Crippen molar-refractivity contribution in [3.63, 3.8) is 0 Å². The predicted molar refractivity (Wildman–Crippen MR) is 75.9 cm³/mol. The van der Waals surface area contributed by atoms with E-state index in [4.69, 9.17) is 9.84 Å². The van der Waals surface area contributed by atoms with Gasteiger partial charge in [0.05, 0.1) is 5.56 Å². The number of nitrogens with one attached hydrogen (secondary N) is 1. The molecule has 0 fully saturated rings. The van der Waals surface area contributed by atoms with Gasteiger partial charge in [-0.2, -0.15) is 13.2 Å². The normalized spacial score (nSPS) is 13.3. The Morgan fingerprint density at radius 3 is 2.29 bits per heavy atom. The van der Waals surface area contributed by atoms with Gasteiger partial charge in [-0.3, -0.25) is 0 Å². The highest BCUT2D eigenvalue weighted by Crippen LogP contribution is 2.34. The molecule has 0 aromatic heterocycles. The molecule has 2 N–H and O–H groups in total. The number of benzene rings is 1. The molecule has 9 heteroatoms. The number of halogens is 4. The standard InChI is InChI=1S/C15H17F4NO4/c1-14(2,3)24-13(23)20-10(12(21)22)7-8-5-4-6-9(16)11(8)15(17,18)19/h4-6,10H,7H2,1-3H3,(H,20,23)(H,21,22). The van der Waals surface area contributed by atoms with Gasteiger partial charge in [0.15, 0.2) is 0 Å². The van der Waals surface area contributed by atoms with Gasteiger partial charge >= 0.3 is 18.2 Å². The fraction of sp³-hybridized carbons (Fsp3) is 0.467. The minimum atomic E-state index is -4.99. The van der Waals surface area contributed by atoms with Gasteiger partial charge in [-0.05, 0) is 32.4 Å². The molecule has 0 saturated heterocycles. The smallest absolute Gasteiger partial charge is 0.419 e. The first-order valence-electron chi connectivity index (χ1n) is 6.88. The van der Waals surface area contributed by atoms with E-state index in [0.717, 1.165) is 12.1 Å². The van der Waals surface area contributed by atoms with E-state index in [0.29, 0.717) is 6.07 Å². The van der Waals surface area contributed by atoms with Gasteiger partial charge in [0, 0.05) is 6.42 Å². The van der Waals surface area contributed by atoms with Crippen LogP contribution in [0, 0.1) is 5.82 Å². The molecule has 1 atom stereocenters. The number of carboxylic acid groups (broad SMARTS) is 1. The second kappa shape index (κ2) is 7.06. The van der Waals surface area contributed by atoms with E-state index in [2.05, 4.69) is 0 Å². The number of alkyl carbamates (subject to hydrolysis) is 1. The topological polar surface area (TPSA) is 75.6 Å². The maximum Gasteiger partial charge on any atom is 0.419 e. The molecule has 1 unspecified atom stereocenters. The summed E-state index contributed by atoms with van der Waals surface area (Å²) in [5.74, 6) is -3.08. The molecule has 0 saturated carbocycles. The third-order valence-corrected chi connectivity index (χ3v) is 2.80. The third-order valence-electron chi connectivity index (χ3n) is 2.80. The Morgan fingerprint density at radius 1 is 1.25 bits per heavy atom. The highest BCUT2D eigenvalue weighted by Gasteiger charge is 2.38. The van der Waals surface area contributed by atoms with E-state index in [1.165, 1.54) is 20.8 Å². The minimum Gasteiger partial charge on any atom is -0.480 e. The Hall–Kier alpha value is -2.32. The fourth-order valence-electron chi connectivity index (χ4n) is 1.93. The number of ether oxygens (including phenoxy) is 1. The monoisotopic (exact) mass is 351 g/mol. The second-order valence-corrected chi connectivity index (χ2v) is 6.01. The first kappa shape index (κ1) is 19.7. The predicted octanol–water partition coefficient (Wildman–Crippen LogP) is 3.36. The van der Waals surface area contributed by atoms with Crippen molar-refractivity contribution in [3.05, 3.63) is 35.1 Å². The lowest BCUT2D eigenvalue weighted by Gasteiger charge is -2.22. The highest BCUT2D eigenvalue weighted by atomic mass is 19.4. The van der Waals surface area contributed by atoms with Crippen LogP contribution in [0.4, 0.5) is 22.4 Å². The molecule has 1 aromatic carbocycles. The van der Waals surface area contributed by atoms with Crippen LogP contribution in [0.5, 0.6) is 0 Å². The zero-order valence-corrected chi connectivity index (χ0v) is 13.2. The minimum absolute atomic E-state index is 0.578. The van der Waals surface area contributed by atoms with E-state index in [1.807, 2.05) is 5.32 Å². The summed E-state index contributed by atoms with van der Waals surface area (Å²) in [6.45, 7) is 4.62. The summed E-state index contributed by atoms with van der Waals surface area (Å²) < 4.78 is 57.2. The molecule has 24 heavy (non-hydrogen) atoms. The van der Waals surface area contributed by atoms with Crippen LogP contribution in [0.15, 0.2) is 18.2 Å². The zero-order valence-electron chi connectivity index (χ0n) is 13.2. The fourth-order valence-corrected chi connectivity index (χ4v) is 1.93. The lowest BCUT2D eigenvalue weighted by atomic mass is 9.99. The number of hydrogen-bond acceptors (Lipinski definition) is 3. The molecule has 0 aliphatic carbocycles. The van der Waals surface area contributed by atoms with Crippen molar-refractivity contribution >= 4 is 12.1 Å². The van der Waals surface area contributed by atoms with Gasteiger partial charge < -0.3 is 15.2 Å². The van der Waals surface area contributed by atoms with E-state index in [-0.39, 0.29) is 0 Å². The van der Waals surface area contributed by atoms with Crippen molar-refractivity contribution in [2.24, 2.45) is 0 Å². The number of carboxylic acids is 1. The molecule has 0 radical (unpaired) electrons. The molecule has 1 rings (SSSR count). The summed E-state index contributed by atoms with van der Waals surface area (Å²) in [4.78, 5) is 22.8. The SMILES string of the molecule is CC(C)(C)OC(=O)NC(Cc1cccc(F)c1C(F)(F)F)C(=O)O. The lowest BCUT2D eigenvalue weighted by molar-refractivity contribution is -0.142. The lowest BCUT2D eigenvalue weighted by Crippen LogP contribution is -2.45. The first-order chi connectivity index (χ1) is 10.8. The zero-order chi connectivity index (χ0) is 18.7. The van der Waals surface area contributed by atoms with E-state index < -0.39 is 53.2 Å². The molecule has 0 aliphatic heterocycles. The van der Waals surface area contributed by atoms with Gasteiger partial charge in [-0.1, -0.05) is 12.1 Å². The second-order valence-electron chi connectivity index (χ2n) is 6.01. The van der Waals surface area contributed by atoms with Crippen molar-refractivity contribution in [1.82, 2.24) is 5.32 Å². The summed E-state index contributed by atoms with van der Waals surface area (Å²) in [7, 11) is 0. The van der Waals surface area contributed by atoms with Crippen molar-refractivity contribution in [3.8, 4) is 0 Å². The van der Waals surface area contributed by atoms with Gasteiger partial charge in [0.25, 0.3) is 0 Å².